The summed E-state index contributed by atoms with van der Waals surface area (Å²) in [5.41, 5.74) is 1.94. The van der Waals surface area contributed by atoms with E-state index in [0.29, 0.717) is 23.0 Å². The molecule has 0 aromatic carbocycles. The molecule has 1 atom stereocenters. The largest absolute Gasteiger partial charge is 0.463 e. The highest BCUT2D eigenvalue weighted by atomic mass is 32.1. The van der Waals surface area contributed by atoms with Gasteiger partial charge in [0.1, 0.15) is 0 Å². The number of esters is 1. The monoisotopic (exact) mass is 345 g/mol. The van der Waals surface area contributed by atoms with Gasteiger partial charge in [-0.1, -0.05) is 6.07 Å². The highest BCUT2D eigenvalue weighted by Gasteiger charge is 2.33. The Balaban J connectivity index is 2.15. The third kappa shape index (κ3) is 3.25. The van der Waals surface area contributed by atoms with Gasteiger partial charge in [-0.3, -0.25) is 4.98 Å². The predicted octanol–water partition coefficient (Wildman–Crippen LogP) is 2.64. The number of ether oxygens (including phenoxy) is 1. The predicted molar refractivity (Wildman–Crippen MR) is 93.7 cm³/mol. The second-order valence-corrected chi connectivity index (χ2v) is 6.19. The van der Waals surface area contributed by atoms with E-state index < -0.39 is 0 Å². The first kappa shape index (κ1) is 15.6. The molecule has 1 aliphatic heterocycles. The molecule has 0 bridgehead atoms. The maximum atomic E-state index is 12.6. The van der Waals surface area contributed by atoms with E-state index >= 15 is 0 Å². The summed E-state index contributed by atoms with van der Waals surface area (Å²) in [6.07, 6.45) is 3.38. The molecule has 0 saturated carbocycles. The lowest BCUT2D eigenvalue weighted by Gasteiger charge is -2.30. The van der Waals surface area contributed by atoms with Crippen molar-refractivity contribution in [1.82, 2.24) is 15.6 Å². The molecule has 23 heavy (non-hydrogen) atoms. The van der Waals surface area contributed by atoms with Gasteiger partial charge in [0.05, 0.1) is 23.9 Å². The van der Waals surface area contributed by atoms with Gasteiger partial charge in [0.25, 0.3) is 0 Å². The van der Waals surface area contributed by atoms with Gasteiger partial charge in [0.15, 0.2) is 5.11 Å². The maximum Gasteiger partial charge on any atom is 0.338 e. The van der Waals surface area contributed by atoms with Crippen molar-refractivity contribution >= 4 is 40.3 Å². The molecule has 3 heterocycles. The summed E-state index contributed by atoms with van der Waals surface area (Å²) in [4.78, 5) is 17.7. The lowest BCUT2D eigenvalue weighted by molar-refractivity contribution is -0.138. The van der Waals surface area contributed by atoms with Crippen molar-refractivity contribution in [2.45, 2.75) is 13.0 Å². The molecule has 3 rings (SSSR count). The Hall–Kier alpha value is -2.25. The number of rotatable bonds is 4. The van der Waals surface area contributed by atoms with Crippen LogP contribution in [-0.4, -0.2) is 22.7 Å². The van der Waals surface area contributed by atoms with Crippen LogP contribution in [0.5, 0.6) is 0 Å². The Morgan fingerprint density at radius 2 is 2.30 bits per heavy atom. The third-order valence-corrected chi connectivity index (χ3v) is 4.50. The molecule has 2 aromatic rings. The molecule has 2 aromatic heterocycles. The Morgan fingerprint density at radius 1 is 1.43 bits per heavy atom. The number of thiocarbonyl (C=S) groups is 1. The van der Waals surface area contributed by atoms with Gasteiger partial charge >= 0.3 is 5.97 Å². The normalized spacial score (nSPS) is 17.4. The summed E-state index contributed by atoms with van der Waals surface area (Å²) in [5.74, 6) is -0.368. The van der Waals surface area contributed by atoms with Gasteiger partial charge in [0, 0.05) is 22.8 Å². The van der Waals surface area contributed by atoms with Gasteiger partial charge in [-0.2, -0.15) is 0 Å². The fourth-order valence-corrected chi connectivity index (χ4v) is 3.40. The number of carbonyl (C=O) groups is 1. The average Bonchev–Trinajstić information content (AvgIpc) is 3.09. The van der Waals surface area contributed by atoms with Crippen LogP contribution in [0, 0.1) is 0 Å². The summed E-state index contributed by atoms with van der Waals surface area (Å²) in [6, 6.07) is 7.28. The van der Waals surface area contributed by atoms with Crippen molar-refractivity contribution in [1.29, 1.82) is 0 Å². The summed E-state index contributed by atoms with van der Waals surface area (Å²) in [5, 5.41) is 8.67. The van der Waals surface area contributed by atoms with Crippen molar-refractivity contribution in [3.05, 3.63) is 58.1 Å². The zero-order valence-electron chi connectivity index (χ0n) is 12.4. The second-order valence-electron chi connectivity index (χ2n) is 4.80. The first-order valence-electron chi connectivity index (χ1n) is 7.13. The molecule has 5 nitrogen and oxygen atoms in total. The van der Waals surface area contributed by atoms with Crippen LogP contribution >= 0.6 is 23.6 Å². The molecule has 1 aliphatic rings. The molecule has 0 radical (unpaired) electrons. The molecule has 0 unspecified atom stereocenters. The van der Waals surface area contributed by atoms with Gasteiger partial charge < -0.3 is 15.4 Å². The number of aromatic nitrogens is 1. The Labute approximate surface area is 143 Å². The van der Waals surface area contributed by atoms with E-state index in [1.165, 1.54) is 0 Å². The first-order chi connectivity index (χ1) is 11.2. The molecular formula is C16H15N3O2S2. The molecular weight excluding hydrogens is 330 g/mol. The molecule has 0 spiro atoms. The molecule has 118 valence electrons. The van der Waals surface area contributed by atoms with Crippen molar-refractivity contribution in [3.63, 3.8) is 0 Å². The summed E-state index contributed by atoms with van der Waals surface area (Å²) in [7, 11) is 0. The van der Waals surface area contributed by atoms with Crippen LogP contribution in [0.15, 0.2) is 47.6 Å². The number of nitrogens with zero attached hydrogens (tertiary/aromatic N) is 1. The summed E-state index contributed by atoms with van der Waals surface area (Å²) in [6.45, 7) is 2.10. The topological polar surface area (TPSA) is 63.2 Å². The second kappa shape index (κ2) is 6.89. The van der Waals surface area contributed by atoms with Crippen molar-refractivity contribution in [2.24, 2.45) is 0 Å². The third-order valence-electron chi connectivity index (χ3n) is 3.35. The van der Waals surface area contributed by atoms with Crippen molar-refractivity contribution in [3.8, 4) is 0 Å². The standard InChI is InChI=1S/C16H15N3O2S2/c1-2-21-15(20)12-13(10-5-3-7-17-9-10)18-16(22)19-14(12)11-6-4-8-23-11/h3-9,14H,2H2,1H3,(H2,18,19,22)/t14-/m0/s1. The number of carbonyl (C=O) groups excluding carboxylic acids is 1. The van der Waals surface area contributed by atoms with Crippen molar-refractivity contribution in [2.75, 3.05) is 6.61 Å². The lowest BCUT2D eigenvalue weighted by Crippen LogP contribution is -2.45. The molecule has 0 fully saturated rings. The number of thiophene rings is 1. The van der Waals surface area contributed by atoms with E-state index in [9.17, 15) is 4.79 Å². The molecule has 0 aliphatic carbocycles. The SMILES string of the molecule is CCOC(=O)C1=C(c2cccnc2)NC(=S)N[C@H]1c1cccs1. The van der Waals surface area contributed by atoms with Gasteiger partial charge in [-0.15, -0.1) is 11.3 Å². The minimum absolute atomic E-state index is 0.310. The fraction of sp³-hybridized carbons (Fsp3) is 0.188. The quantitative estimate of drug-likeness (QED) is 0.656. The van der Waals surface area contributed by atoms with E-state index in [1.54, 1.807) is 30.7 Å². The van der Waals surface area contributed by atoms with E-state index in [4.69, 9.17) is 17.0 Å². The summed E-state index contributed by atoms with van der Waals surface area (Å²) >= 11 is 6.87. The van der Waals surface area contributed by atoms with Crippen LogP contribution in [0.3, 0.4) is 0 Å². The number of pyridine rings is 1. The number of nitrogens with one attached hydrogen (secondary N) is 2. The smallest absolute Gasteiger partial charge is 0.338 e. The Bertz CT molecular complexity index is 742. The van der Waals surface area contributed by atoms with Crippen LogP contribution < -0.4 is 10.6 Å². The first-order valence-corrected chi connectivity index (χ1v) is 8.42. The molecule has 2 N–H and O–H groups in total. The van der Waals surface area contributed by atoms with Crippen LogP contribution in [0.1, 0.15) is 23.4 Å². The fourth-order valence-electron chi connectivity index (χ4n) is 2.40. The minimum atomic E-state index is -0.368. The summed E-state index contributed by atoms with van der Waals surface area (Å²) < 4.78 is 5.26. The zero-order chi connectivity index (χ0) is 16.2. The minimum Gasteiger partial charge on any atom is -0.463 e. The zero-order valence-corrected chi connectivity index (χ0v) is 14.0. The van der Waals surface area contributed by atoms with E-state index in [-0.39, 0.29) is 12.0 Å². The molecule has 0 amide bonds. The average molecular weight is 345 g/mol. The Morgan fingerprint density at radius 3 is 2.96 bits per heavy atom. The molecule has 0 saturated heterocycles. The van der Waals surface area contributed by atoms with Crippen LogP contribution in [0.2, 0.25) is 0 Å². The van der Waals surface area contributed by atoms with Crippen LogP contribution in [0.4, 0.5) is 0 Å². The van der Waals surface area contributed by atoms with E-state index in [2.05, 4.69) is 15.6 Å². The van der Waals surface area contributed by atoms with Gasteiger partial charge in [-0.25, -0.2) is 4.79 Å². The van der Waals surface area contributed by atoms with Crippen molar-refractivity contribution < 1.29 is 9.53 Å². The number of hydrogen-bond acceptors (Lipinski definition) is 5. The maximum absolute atomic E-state index is 12.6. The van der Waals surface area contributed by atoms with Gasteiger partial charge in [-0.05, 0) is 42.7 Å². The van der Waals surface area contributed by atoms with E-state index in [0.717, 1.165) is 10.4 Å². The van der Waals surface area contributed by atoms with Crippen LogP contribution in [-0.2, 0) is 9.53 Å². The highest BCUT2D eigenvalue weighted by Crippen LogP contribution is 2.33. The number of hydrogen-bond donors (Lipinski definition) is 2. The molecule has 7 heteroatoms. The lowest BCUT2D eigenvalue weighted by atomic mass is 9.98. The van der Waals surface area contributed by atoms with E-state index in [1.807, 2.05) is 29.6 Å². The Kier molecular flexibility index (Phi) is 4.68. The van der Waals surface area contributed by atoms with Gasteiger partial charge in [0.2, 0.25) is 0 Å². The highest BCUT2D eigenvalue weighted by molar-refractivity contribution is 7.80. The van der Waals surface area contributed by atoms with Crippen LogP contribution in [0.25, 0.3) is 5.70 Å².